The zero-order chi connectivity index (χ0) is 25.6. The number of hydrogen-bond acceptors (Lipinski definition) is 6. The van der Waals surface area contributed by atoms with Crippen molar-refractivity contribution in [2.24, 2.45) is 46.3 Å². The van der Waals surface area contributed by atoms with Crippen molar-refractivity contribution in [2.45, 2.75) is 103 Å². The third kappa shape index (κ3) is 5.35. The van der Waals surface area contributed by atoms with Crippen molar-refractivity contribution in [3.63, 3.8) is 0 Å². The van der Waals surface area contributed by atoms with E-state index in [4.69, 9.17) is 4.55 Å². The zero-order valence-corrected chi connectivity index (χ0v) is 22.7. The average molecular weight is 516 g/mol. The predicted octanol–water partition coefficient (Wildman–Crippen LogP) is 3.23. The highest BCUT2D eigenvalue weighted by Gasteiger charge is 2.65. The van der Waals surface area contributed by atoms with Crippen LogP contribution < -0.4 is 5.32 Å². The van der Waals surface area contributed by atoms with E-state index < -0.39 is 10.1 Å². The summed E-state index contributed by atoms with van der Waals surface area (Å²) in [6.45, 7) is 8.38. The van der Waals surface area contributed by atoms with E-state index in [9.17, 15) is 23.7 Å². The molecule has 0 radical (unpaired) electrons. The van der Waals surface area contributed by atoms with Crippen LogP contribution in [0.1, 0.15) is 85.0 Å². The van der Waals surface area contributed by atoms with Gasteiger partial charge >= 0.3 is 0 Å². The second-order valence-electron chi connectivity index (χ2n) is 13.0. The molecule has 204 valence electrons. The summed E-state index contributed by atoms with van der Waals surface area (Å²) < 4.78 is 30.5. The molecule has 0 aromatic rings. The molecular formula is C27H49NO6S. The molecule has 0 spiro atoms. The van der Waals surface area contributed by atoms with Crippen LogP contribution in [-0.2, 0) is 10.1 Å². The van der Waals surface area contributed by atoms with E-state index in [1.807, 2.05) is 0 Å². The van der Waals surface area contributed by atoms with Gasteiger partial charge < -0.3 is 20.6 Å². The van der Waals surface area contributed by atoms with Crippen molar-refractivity contribution < 1.29 is 28.3 Å². The standard InChI is InChI=1S/C27H49NO6S/c1-17(6-4-11-28-12-5-13-35(32,33)34)20-7-8-21-25-22(16-24(31)27(20,21)3)26(2)10-9-19(29)14-18(26)15-23(25)30/h17-25,28-31H,4-16H2,1-3H3,(H,32,33,34)/t17-,18-,19+,20+,21-,22+,23+,24-,25+,26-,27+/m0/s1. The number of aliphatic hydroxyl groups is 3. The second-order valence-corrected chi connectivity index (χ2v) is 14.6. The molecule has 4 saturated carbocycles. The Kier molecular flexibility index (Phi) is 8.32. The number of hydrogen-bond donors (Lipinski definition) is 5. The van der Waals surface area contributed by atoms with E-state index >= 15 is 0 Å². The average Bonchev–Trinajstić information content (AvgIpc) is 3.13. The maximum absolute atomic E-state index is 11.7. The summed E-state index contributed by atoms with van der Waals surface area (Å²) in [5, 5.41) is 36.6. The molecule has 0 aromatic carbocycles. The van der Waals surface area contributed by atoms with Gasteiger partial charge in [-0.05, 0) is 124 Å². The van der Waals surface area contributed by atoms with Crippen molar-refractivity contribution in [1.29, 1.82) is 0 Å². The SMILES string of the molecule is C[C@@H](CCCNCCCS(=O)(=O)O)[C@H]1CC[C@H]2[C@H]3[C@H](O)C[C@@H]4C[C@H](O)CC[C@]4(C)[C@@H]3C[C@H](O)[C@]12C. The molecule has 4 fully saturated rings. The van der Waals surface area contributed by atoms with E-state index in [-0.39, 0.29) is 40.8 Å². The number of fused-ring (bicyclic) bond motifs is 5. The van der Waals surface area contributed by atoms with Crippen molar-refractivity contribution >= 4 is 10.1 Å². The Bertz CT molecular complexity index is 838. The van der Waals surface area contributed by atoms with Gasteiger partial charge in [0, 0.05) is 0 Å². The normalized spacial score (nSPS) is 46.5. The molecule has 0 bridgehead atoms. The van der Waals surface area contributed by atoms with Gasteiger partial charge in [-0.2, -0.15) is 8.42 Å². The largest absolute Gasteiger partial charge is 0.393 e. The molecule has 35 heavy (non-hydrogen) atoms. The molecule has 7 nitrogen and oxygen atoms in total. The Morgan fingerprint density at radius 3 is 2.40 bits per heavy atom. The van der Waals surface area contributed by atoms with Crippen LogP contribution in [0.15, 0.2) is 0 Å². The zero-order valence-electron chi connectivity index (χ0n) is 21.9. The third-order valence-corrected chi connectivity index (χ3v) is 12.1. The topological polar surface area (TPSA) is 127 Å². The molecule has 4 rings (SSSR count). The van der Waals surface area contributed by atoms with E-state index in [2.05, 4.69) is 26.1 Å². The number of aliphatic hydroxyl groups excluding tert-OH is 3. The quantitative estimate of drug-likeness (QED) is 0.236. The molecule has 4 aliphatic carbocycles. The second kappa shape index (κ2) is 10.5. The first-order valence-electron chi connectivity index (χ1n) is 14.1. The van der Waals surface area contributed by atoms with Crippen LogP contribution in [0, 0.1) is 46.3 Å². The molecule has 0 aliphatic heterocycles. The van der Waals surface area contributed by atoms with Gasteiger partial charge in [-0.15, -0.1) is 0 Å². The minimum atomic E-state index is -3.88. The van der Waals surface area contributed by atoms with E-state index in [0.717, 1.165) is 64.3 Å². The van der Waals surface area contributed by atoms with Crippen molar-refractivity contribution in [3.8, 4) is 0 Å². The van der Waals surface area contributed by atoms with Gasteiger partial charge in [-0.25, -0.2) is 0 Å². The van der Waals surface area contributed by atoms with Gasteiger partial charge in [0.2, 0.25) is 0 Å². The fourth-order valence-corrected chi connectivity index (χ4v) is 9.90. The molecule has 0 unspecified atom stereocenters. The van der Waals surface area contributed by atoms with Gasteiger partial charge in [-0.1, -0.05) is 20.8 Å². The van der Waals surface area contributed by atoms with Crippen molar-refractivity contribution in [1.82, 2.24) is 5.32 Å². The van der Waals surface area contributed by atoms with Crippen LogP contribution in [0.2, 0.25) is 0 Å². The summed E-state index contributed by atoms with van der Waals surface area (Å²) in [5.41, 5.74) is -0.0575. The summed E-state index contributed by atoms with van der Waals surface area (Å²) in [5.74, 6) is 1.99. The lowest BCUT2D eigenvalue weighted by Gasteiger charge is -2.63. The van der Waals surface area contributed by atoms with E-state index in [1.165, 1.54) is 0 Å². The summed E-state index contributed by atoms with van der Waals surface area (Å²) in [6.07, 6.45) is 7.92. The lowest BCUT2D eigenvalue weighted by Crippen LogP contribution is -2.62. The maximum atomic E-state index is 11.7. The molecule has 0 saturated heterocycles. The summed E-state index contributed by atoms with van der Waals surface area (Å²) in [7, 11) is -3.88. The first kappa shape index (κ1) is 27.8. The summed E-state index contributed by atoms with van der Waals surface area (Å²) >= 11 is 0. The predicted molar refractivity (Wildman–Crippen MR) is 136 cm³/mol. The van der Waals surface area contributed by atoms with Crippen molar-refractivity contribution in [2.75, 3.05) is 18.8 Å². The van der Waals surface area contributed by atoms with Gasteiger partial charge in [0.1, 0.15) is 0 Å². The highest BCUT2D eigenvalue weighted by Crippen LogP contribution is 2.68. The van der Waals surface area contributed by atoms with Gasteiger partial charge in [0.25, 0.3) is 10.1 Å². The Morgan fingerprint density at radius 2 is 1.69 bits per heavy atom. The summed E-state index contributed by atoms with van der Waals surface area (Å²) in [4.78, 5) is 0. The smallest absolute Gasteiger partial charge is 0.264 e. The van der Waals surface area contributed by atoms with Crippen LogP contribution >= 0.6 is 0 Å². The van der Waals surface area contributed by atoms with Crippen molar-refractivity contribution in [3.05, 3.63) is 0 Å². The first-order valence-corrected chi connectivity index (χ1v) is 15.7. The molecule has 4 aliphatic rings. The molecule has 5 N–H and O–H groups in total. The molecule has 0 amide bonds. The molecule has 8 heteroatoms. The minimum Gasteiger partial charge on any atom is -0.393 e. The Morgan fingerprint density at radius 1 is 0.971 bits per heavy atom. The van der Waals surface area contributed by atoms with Gasteiger partial charge in [0.05, 0.1) is 24.1 Å². The fraction of sp³-hybridized carbons (Fsp3) is 1.00. The minimum absolute atomic E-state index is 0.107. The van der Waals surface area contributed by atoms with Gasteiger partial charge in [-0.3, -0.25) is 4.55 Å². The van der Waals surface area contributed by atoms with Gasteiger partial charge in [0.15, 0.2) is 0 Å². The maximum Gasteiger partial charge on any atom is 0.264 e. The molecule has 11 atom stereocenters. The molecule has 0 aromatic heterocycles. The van der Waals surface area contributed by atoms with Crippen LogP contribution in [0.3, 0.4) is 0 Å². The summed E-state index contributed by atoms with van der Waals surface area (Å²) in [6, 6.07) is 0. The lowest BCUT2D eigenvalue weighted by atomic mass is 9.43. The first-order chi connectivity index (χ1) is 16.4. The highest BCUT2D eigenvalue weighted by molar-refractivity contribution is 7.85. The fourth-order valence-electron chi connectivity index (χ4n) is 9.39. The van der Waals surface area contributed by atoms with E-state index in [1.54, 1.807) is 0 Å². The monoisotopic (exact) mass is 515 g/mol. The van der Waals surface area contributed by atoms with Crippen LogP contribution in [-0.4, -0.2) is 65.4 Å². The molecule has 0 heterocycles. The Hall–Kier alpha value is -0.250. The lowest BCUT2D eigenvalue weighted by molar-refractivity contribution is -0.207. The Balaban J connectivity index is 1.37. The third-order valence-electron chi connectivity index (χ3n) is 11.3. The highest BCUT2D eigenvalue weighted by atomic mass is 32.2. The van der Waals surface area contributed by atoms with Crippen LogP contribution in [0.25, 0.3) is 0 Å². The van der Waals surface area contributed by atoms with Crippen LogP contribution in [0.5, 0.6) is 0 Å². The van der Waals surface area contributed by atoms with E-state index in [0.29, 0.717) is 42.6 Å². The Labute approximate surface area is 212 Å². The number of rotatable bonds is 9. The van der Waals surface area contributed by atoms with Crippen LogP contribution in [0.4, 0.5) is 0 Å². The molecular weight excluding hydrogens is 466 g/mol. The number of nitrogens with one attached hydrogen (secondary N) is 1.